The summed E-state index contributed by atoms with van der Waals surface area (Å²) in [7, 11) is 1.37. The minimum Gasteiger partial charge on any atom is -0.497 e. The Bertz CT molecular complexity index is 783. The summed E-state index contributed by atoms with van der Waals surface area (Å²) in [5.74, 6) is -2.15. The van der Waals surface area contributed by atoms with E-state index in [1.165, 1.54) is 31.4 Å². The lowest BCUT2D eigenvalue weighted by Gasteiger charge is -2.09. The molecule has 0 aliphatic heterocycles. The third-order valence-electron chi connectivity index (χ3n) is 2.93. The second-order valence-electron chi connectivity index (χ2n) is 4.59. The molecule has 0 atom stereocenters. The van der Waals surface area contributed by atoms with Gasteiger partial charge in [0, 0.05) is 11.1 Å². The highest BCUT2D eigenvalue weighted by Gasteiger charge is 2.16. The van der Waals surface area contributed by atoms with E-state index in [4.69, 9.17) is 32.7 Å². The Hall–Kier alpha value is -2.31. The molecule has 0 bridgehead atoms. The van der Waals surface area contributed by atoms with Crippen molar-refractivity contribution in [2.24, 2.45) is 0 Å². The van der Waals surface area contributed by atoms with Gasteiger partial charge < -0.3 is 14.8 Å². The summed E-state index contributed by atoms with van der Waals surface area (Å²) in [5, 5.41) is 3.10. The molecule has 0 fully saturated rings. The minimum atomic E-state index is -0.970. The molecule has 2 aromatic rings. The maximum absolute atomic E-state index is 13.7. The fraction of sp³-hybridized carbons (Fsp3) is 0.125. The van der Waals surface area contributed by atoms with Gasteiger partial charge in [-0.05, 0) is 30.3 Å². The standard InChI is InChI=1S/C16H12Cl2FNO4/c1-23-10-3-4-11(13(19)7-10)16(22)24-8-15(21)20-14-6-9(17)2-5-12(14)18/h2-7H,8H2,1H3,(H,20,21). The maximum Gasteiger partial charge on any atom is 0.341 e. The molecule has 0 unspecified atom stereocenters. The highest BCUT2D eigenvalue weighted by atomic mass is 35.5. The van der Waals surface area contributed by atoms with Gasteiger partial charge in [0.2, 0.25) is 0 Å². The SMILES string of the molecule is COc1ccc(C(=O)OCC(=O)Nc2cc(Cl)ccc2Cl)c(F)c1. The lowest BCUT2D eigenvalue weighted by molar-refractivity contribution is -0.119. The number of esters is 1. The van der Waals surface area contributed by atoms with Gasteiger partial charge in [0.25, 0.3) is 5.91 Å². The fourth-order valence-electron chi connectivity index (χ4n) is 1.78. The number of hydrogen-bond donors (Lipinski definition) is 1. The fourth-order valence-corrected chi connectivity index (χ4v) is 2.11. The van der Waals surface area contributed by atoms with Gasteiger partial charge in [-0.1, -0.05) is 23.2 Å². The Morgan fingerprint density at radius 1 is 1.17 bits per heavy atom. The summed E-state index contributed by atoms with van der Waals surface area (Å²) in [6.45, 7) is -0.604. The van der Waals surface area contributed by atoms with Crippen molar-refractivity contribution in [2.45, 2.75) is 0 Å². The summed E-state index contributed by atoms with van der Waals surface area (Å²) in [4.78, 5) is 23.6. The van der Waals surface area contributed by atoms with Crippen molar-refractivity contribution >= 4 is 40.8 Å². The first-order chi connectivity index (χ1) is 11.4. The zero-order valence-electron chi connectivity index (χ0n) is 12.4. The third kappa shape index (κ3) is 4.59. The Balaban J connectivity index is 1.96. The third-order valence-corrected chi connectivity index (χ3v) is 3.50. The van der Waals surface area contributed by atoms with Gasteiger partial charge in [-0.2, -0.15) is 0 Å². The maximum atomic E-state index is 13.7. The van der Waals surface area contributed by atoms with Crippen LogP contribution in [0.4, 0.5) is 10.1 Å². The van der Waals surface area contributed by atoms with Crippen molar-refractivity contribution in [1.82, 2.24) is 0 Å². The molecule has 0 heterocycles. The minimum absolute atomic E-state index is 0.261. The zero-order valence-corrected chi connectivity index (χ0v) is 13.9. The van der Waals surface area contributed by atoms with Crippen LogP contribution in [0.15, 0.2) is 36.4 Å². The summed E-state index contributed by atoms with van der Waals surface area (Å²) in [5.41, 5.74) is -0.0229. The molecular weight excluding hydrogens is 360 g/mol. The smallest absolute Gasteiger partial charge is 0.341 e. The Labute approximate surface area is 147 Å². The molecule has 5 nitrogen and oxygen atoms in total. The van der Waals surface area contributed by atoms with Crippen molar-refractivity contribution < 1.29 is 23.5 Å². The average molecular weight is 372 g/mol. The number of ether oxygens (including phenoxy) is 2. The van der Waals surface area contributed by atoms with Gasteiger partial charge in [-0.25, -0.2) is 9.18 Å². The number of methoxy groups -OCH3 is 1. The van der Waals surface area contributed by atoms with Gasteiger partial charge in [0.15, 0.2) is 6.61 Å². The molecule has 24 heavy (non-hydrogen) atoms. The number of nitrogens with one attached hydrogen (secondary N) is 1. The Kier molecular flexibility index (Phi) is 6.00. The molecule has 0 saturated carbocycles. The zero-order chi connectivity index (χ0) is 17.7. The van der Waals surface area contributed by atoms with Gasteiger partial charge in [-0.3, -0.25) is 4.79 Å². The summed E-state index contributed by atoms with van der Waals surface area (Å²) in [6.07, 6.45) is 0. The van der Waals surface area contributed by atoms with Crippen molar-refractivity contribution in [3.63, 3.8) is 0 Å². The van der Waals surface area contributed by atoms with Crippen LogP contribution in [0.3, 0.4) is 0 Å². The van der Waals surface area contributed by atoms with Crippen LogP contribution in [0.2, 0.25) is 10.0 Å². The van der Waals surface area contributed by atoms with Crippen molar-refractivity contribution in [3.05, 3.63) is 57.8 Å². The number of benzene rings is 2. The number of halogens is 3. The molecule has 0 saturated heterocycles. The largest absolute Gasteiger partial charge is 0.497 e. The normalized spacial score (nSPS) is 10.2. The van der Waals surface area contributed by atoms with Gasteiger partial charge in [0.05, 0.1) is 23.4 Å². The second-order valence-corrected chi connectivity index (χ2v) is 5.44. The van der Waals surface area contributed by atoms with E-state index in [0.29, 0.717) is 5.02 Å². The molecule has 2 rings (SSSR count). The van der Waals surface area contributed by atoms with Crippen LogP contribution >= 0.6 is 23.2 Å². The van der Waals surface area contributed by atoms with Gasteiger partial charge in [0.1, 0.15) is 11.6 Å². The Morgan fingerprint density at radius 2 is 1.92 bits per heavy atom. The monoisotopic (exact) mass is 371 g/mol. The van der Waals surface area contributed by atoms with E-state index in [2.05, 4.69) is 5.32 Å². The van der Waals surface area contributed by atoms with E-state index in [-0.39, 0.29) is 22.0 Å². The lowest BCUT2D eigenvalue weighted by Crippen LogP contribution is -2.21. The van der Waals surface area contributed by atoms with E-state index in [9.17, 15) is 14.0 Å². The predicted molar refractivity (Wildman–Crippen MR) is 88.3 cm³/mol. The molecule has 1 amide bonds. The molecule has 0 radical (unpaired) electrons. The van der Waals surface area contributed by atoms with E-state index >= 15 is 0 Å². The number of rotatable bonds is 5. The first-order valence-electron chi connectivity index (χ1n) is 6.66. The van der Waals surface area contributed by atoms with Gasteiger partial charge in [-0.15, -0.1) is 0 Å². The van der Waals surface area contributed by atoms with Crippen LogP contribution in [0, 0.1) is 5.82 Å². The number of carbonyl (C=O) groups excluding carboxylic acids is 2. The summed E-state index contributed by atoms with van der Waals surface area (Å²) < 4.78 is 23.4. The first kappa shape index (κ1) is 18.0. The molecule has 0 aliphatic rings. The Morgan fingerprint density at radius 3 is 2.58 bits per heavy atom. The van der Waals surface area contributed by atoms with Gasteiger partial charge >= 0.3 is 5.97 Å². The first-order valence-corrected chi connectivity index (χ1v) is 7.42. The van der Waals surface area contributed by atoms with Crippen molar-refractivity contribution in [1.29, 1.82) is 0 Å². The highest BCUT2D eigenvalue weighted by Crippen LogP contribution is 2.25. The number of carbonyl (C=O) groups is 2. The molecular formula is C16H12Cl2FNO4. The lowest BCUT2D eigenvalue weighted by atomic mass is 10.2. The van der Waals surface area contributed by atoms with Crippen LogP contribution in [-0.4, -0.2) is 25.6 Å². The number of hydrogen-bond acceptors (Lipinski definition) is 4. The van der Waals surface area contributed by atoms with Crippen molar-refractivity contribution in [2.75, 3.05) is 19.0 Å². The van der Waals surface area contributed by atoms with Crippen LogP contribution in [-0.2, 0) is 9.53 Å². The number of amides is 1. The van der Waals surface area contributed by atoms with E-state index in [1.54, 1.807) is 6.07 Å². The summed E-state index contributed by atoms with van der Waals surface area (Å²) >= 11 is 11.7. The molecule has 126 valence electrons. The van der Waals surface area contributed by atoms with Crippen LogP contribution in [0.5, 0.6) is 5.75 Å². The second kappa shape index (κ2) is 7.99. The van der Waals surface area contributed by atoms with E-state index in [1.807, 2.05) is 0 Å². The molecule has 8 heteroatoms. The number of anilines is 1. The average Bonchev–Trinajstić information content (AvgIpc) is 2.55. The highest BCUT2D eigenvalue weighted by molar-refractivity contribution is 6.35. The summed E-state index contributed by atoms with van der Waals surface area (Å²) in [6, 6.07) is 8.19. The topological polar surface area (TPSA) is 64.6 Å². The van der Waals surface area contributed by atoms with Crippen LogP contribution in [0.25, 0.3) is 0 Å². The molecule has 0 spiro atoms. The quantitative estimate of drug-likeness (QED) is 0.808. The molecule has 2 aromatic carbocycles. The van der Waals surface area contributed by atoms with Crippen LogP contribution in [0.1, 0.15) is 10.4 Å². The predicted octanol–water partition coefficient (Wildman–Crippen LogP) is 3.94. The van der Waals surface area contributed by atoms with Crippen LogP contribution < -0.4 is 10.1 Å². The molecule has 1 N–H and O–H groups in total. The van der Waals surface area contributed by atoms with Crippen molar-refractivity contribution in [3.8, 4) is 5.75 Å². The van der Waals surface area contributed by atoms with E-state index < -0.39 is 24.3 Å². The van der Waals surface area contributed by atoms with E-state index in [0.717, 1.165) is 6.07 Å². The molecule has 0 aliphatic carbocycles. The molecule has 0 aromatic heterocycles.